The SMILES string of the molecule is CCCCCCCC1C(Cc2ccccc2)CO[Si]1(C)C. The summed E-state index contributed by atoms with van der Waals surface area (Å²) in [5.74, 6) is 0.750. The van der Waals surface area contributed by atoms with E-state index in [1.54, 1.807) is 0 Å². The van der Waals surface area contributed by atoms with Crippen LogP contribution in [-0.2, 0) is 10.8 Å². The van der Waals surface area contributed by atoms with E-state index in [9.17, 15) is 0 Å². The second-order valence-corrected chi connectivity index (χ2v) is 11.4. The van der Waals surface area contributed by atoms with E-state index in [4.69, 9.17) is 4.43 Å². The molecule has 0 aliphatic carbocycles. The predicted molar refractivity (Wildman–Crippen MR) is 94.2 cm³/mol. The van der Waals surface area contributed by atoms with Gasteiger partial charge in [0.05, 0.1) is 0 Å². The number of unbranched alkanes of at least 4 members (excludes halogenated alkanes) is 4. The Kier molecular flexibility index (Phi) is 6.50. The van der Waals surface area contributed by atoms with Crippen LogP contribution in [0, 0.1) is 5.92 Å². The van der Waals surface area contributed by atoms with Gasteiger partial charge in [0.1, 0.15) is 0 Å². The summed E-state index contributed by atoms with van der Waals surface area (Å²) in [6.45, 7) is 8.13. The average molecular weight is 305 g/mol. The maximum absolute atomic E-state index is 6.25. The monoisotopic (exact) mass is 304 g/mol. The highest BCUT2D eigenvalue weighted by Gasteiger charge is 2.44. The van der Waals surface area contributed by atoms with E-state index in [0.29, 0.717) is 0 Å². The van der Waals surface area contributed by atoms with E-state index in [1.165, 1.54) is 50.5 Å². The number of hydrogen-bond donors (Lipinski definition) is 0. The maximum atomic E-state index is 6.25. The lowest BCUT2D eigenvalue weighted by atomic mass is 9.93. The number of rotatable bonds is 8. The lowest BCUT2D eigenvalue weighted by molar-refractivity contribution is 0.298. The van der Waals surface area contributed by atoms with Gasteiger partial charge in [-0.25, -0.2) is 0 Å². The van der Waals surface area contributed by atoms with Gasteiger partial charge in [-0.15, -0.1) is 0 Å². The van der Waals surface area contributed by atoms with Crippen LogP contribution >= 0.6 is 0 Å². The first-order valence-corrected chi connectivity index (χ1v) is 11.8. The molecule has 2 heteroatoms. The molecule has 0 N–H and O–H groups in total. The highest BCUT2D eigenvalue weighted by atomic mass is 28.4. The summed E-state index contributed by atoms with van der Waals surface area (Å²) in [7, 11) is -1.45. The molecule has 1 aromatic carbocycles. The van der Waals surface area contributed by atoms with Crippen molar-refractivity contribution in [3.05, 3.63) is 35.9 Å². The largest absolute Gasteiger partial charge is 0.417 e. The summed E-state index contributed by atoms with van der Waals surface area (Å²) < 4.78 is 6.25. The van der Waals surface area contributed by atoms with Crippen molar-refractivity contribution < 1.29 is 4.43 Å². The third-order valence-electron chi connectivity index (χ3n) is 5.09. The zero-order valence-electron chi connectivity index (χ0n) is 14.1. The van der Waals surface area contributed by atoms with Crippen molar-refractivity contribution in [1.82, 2.24) is 0 Å². The molecular weight excluding hydrogens is 272 g/mol. The molecule has 0 radical (unpaired) electrons. The summed E-state index contributed by atoms with van der Waals surface area (Å²) in [6, 6.07) is 11.0. The van der Waals surface area contributed by atoms with Crippen LogP contribution in [0.3, 0.4) is 0 Å². The molecule has 2 atom stereocenters. The highest BCUT2D eigenvalue weighted by molar-refractivity contribution is 6.73. The molecule has 1 aromatic rings. The molecule has 0 amide bonds. The Morgan fingerprint density at radius 1 is 1.05 bits per heavy atom. The van der Waals surface area contributed by atoms with Gasteiger partial charge < -0.3 is 4.43 Å². The van der Waals surface area contributed by atoms with E-state index in [0.717, 1.165) is 18.1 Å². The number of benzene rings is 1. The number of hydrogen-bond acceptors (Lipinski definition) is 1. The van der Waals surface area contributed by atoms with Crippen molar-refractivity contribution >= 4 is 8.32 Å². The smallest absolute Gasteiger partial charge is 0.190 e. The Bertz CT molecular complexity index is 401. The molecule has 0 saturated carbocycles. The zero-order chi connectivity index (χ0) is 15.1. The van der Waals surface area contributed by atoms with Crippen LogP contribution in [0.2, 0.25) is 18.6 Å². The minimum Gasteiger partial charge on any atom is -0.417 e. The molecule has 1 fully saturated rings. The molecule has 0 spiro atoms. The van der Waals surface area contributed by atoms with Crippen LogP contribution in [0.4, 0.5) is 0 Å². The lowest BCUT2D eigenvalue weighted by Gasteiger charge is -2.26. The Hall–Kier alpha value is -0.603. The molecule has 1 nitrogen and oxygen atoms in total. The van der Waals surface area contributed by atoms with E-state index in [1.807, 2.05) is 0 Å². The third kappa shape index (κ3) is 4.96. The van der Waals surface area contributed by atoms with Crippen molar-refractivity contribution in [2.24, 2.45) is 5.92 Å². The molecule has 2 unspecified atom stereocenters. The average Bonchev–Trinajstić information content (AvgIpc) is 2.75. The second kappa shape index (κ2) is 8.14. The maximum Gasteiger partial charge on any atom is 0.190 e. The van der Waals surface area contributed by atoms with Gasteiger partial charge in [0.2, 0.25) is 0 Å². The topological polar surface area (TPSA) is 9.23 Å². The van der Waals surface area contributed by atoms with Crippen molar-refractivity contribution in [3.63, 3.8) is 0 Å². The summed E-state index contributed by atoms with van der Waals surface area (Å²) >= 11 is 0. The first kappa shape index (κ1) is 16.8. The van der Waals surface area contributed by atoms with Crippen molar-refractivity contribution in [2.45, 2.75) is 70.5 Å². The molecule has 1 aliphatic rings. The van der Waals surface area contributed by atoms with Crippen LogP contribution in [0.1, 0.15) is 51.0 Å². The molecule has 118 valence electrons. The molecule has 0 aromatic heterocycles. The Labute approximate surface area is 132 Å². The predicted octanol–water partition coefficient (Wildman–Crippen LogP) is 5.81. The van der Waals surface area contributed by atoms with Crippen molar-refractivity contribution in [3.8, 4) is 0 Å². The van der Waals surface area contributed by atoms with Gasteiger partial charge in [-0.3, -0.25) is 0 Å². The molecule has 1 aliphatic heterocycles. The van der Waals surface area contributed by atoms with E-state index in [-0.39, 0.29) is 0 Å². The van der Waals surface area contributed by atoms with Crippen molar-refractivity contribution in [1.29, 1.82) is 0 Å². The van der Waals surface area contributed by atoms with Crippen molar-refractivity contribution in [2.75, 3.05) is 6.61 Å². The molecule has 21 heavy (non-hydrogen) atoms. The van der Waals surface area contributed by atoms with E-state index < -0.39 is 8.32 Å². The third-order valence-corrected chi connectivity index (χ3v) is 8.55. The fraction of sp³-hybridized carbons (Fsp3) is 0.684. The van der Waals surface area contributed by atoms with Gasteiger partial charge in [-0.2, -0.15) is 0 Å². The molecule has 0 bridgehead atoms. The Morgan fingerprint density at radius 2 is 1.76 bits per heavy atom. The van der Waals surface area contributed by atoms with E-state index in [2.05, 4.69) is 50.3 Å². The fourth-order valence-corrected chi connectivity index (χ4v) is 6.89. The minimum absolute atomic E-state index is 0.750. The van der Waals surface area contributed by atoms with Gasteiger partial charge >= 0.3 is 0 Å². The molecule has 1 heterocycles. The zero-order valence-corrected chi connectivity index (χ0v) is 15.1. The quantitative estimate of drug-likeness (QED) is 0.435. The van der Waals surface area contributed by atoms with Crippen LogP contribution in [-0.4, -0.2) is 14.9 Å². The summed E-state index contributed by atoms with van der Waals surface area (Å²) in [4.78, 5) is 0. The Balaban J connectivity index is 1.87. The summed E-state index contributed by atoms with van der Waals surface area (Å²) in [5.41, 5.74) is 2.33. The first-order chi connectivity index (χ1) is 10.1. The van der Waals surface area contributed by atoms with Gasteiger partial charge in [0.15, 0.2) is 8.32 Å². The highest BCUT2D eigenvalue weighted by Crippen LogP contribution is 2.43. The normalized spacial score (nSPS) is 24.3. The minimum atomic E-state index is -1.45. The van der Waals surface area contributed by atoms with Gasteiger partial charge in [0.25, 0.3) is 0 Å². The standard InChI is InChI=1S/C19H32OSi/c1-4-5-6-7-11-14-19-18(16-20-21(19,2)3)15-17-12-9-8-10-13-17/h8-10,12-13,18-19H,4-7,11,14-16H2,1-3H3. The fourth-order valence-electron chi connectivity index (χ4n) is 3.78. The Morgan fingerprint density at radius 3 is 2.48 bits per heavy atom. The van der Waals surface area contributed by atoms with Crippen LogP contribution < -0.4 is 0 Å². The van der Waals surface area contributed by atoms with Crippen LogP contribution in [0.25, 0.3) is 0 Å². The van der Waals surface area contributed by atoms with E-state index >= 15 is 0 Å². The van der Waals surface area contributed by atoms with Gasteiger partial charge in [-0.05, 0) is 36.5 Å². The van der Waals surface area contributed by atoms with Crippen LogP contribution in [0.15, 0.2) is 30.3 Å². The summed E-state index contributed by atoms with van der Waals surface area (Å²) in [5, 5.41) is 0. The molecule has 2 rings (SSSR count). The second-order valence-electron chi connectivity index (χ2n) is 7.17. The lowest BCUT2D eigenvalue weighted by Crippen LogP contribution is -2.31. The van der Waals surface area contributed by atoms with Crippen LogP contribution in [0.5, 0.6) is 0 Å². The van der Waals surface area contributed by atoms with Gasteiger partial charge in [-0.1, -0.05) is 75.8 Å². The molecule has 1 saturated heterocycles. The van der Waals surface area contributed by atoms with Gasteiger partial charge in [0, 0.05) is 6.61 Å². The first-order valence-electron chi connectivity index (χ1n) is 8.81. The summed E-state index contributed by atoms with van der Waals surface area (Å²) in [6.07, 6.45) is 9.55. The molecular formula is C19H32OSi.